The van der Waals surface area contributed by atoms with Gasteiger partial charge in [-0.1, -0.05) is 12.2 Å². The zero-order chi connectivity index (χ0) is 22.8. The minimum absolute atomic E-state index is 0.0491. The monoisotopic (exact) mass is 430 g/mol. The van der Waals surface area contributed by atoms with Gasteiger partial charge in [0, 0.05) is 13.8 Å². The van der Waals surface area contributed by atoms with Crippen molar-refractivity contribution in [3.63, 3.8) is 0 Å². The zero-order valence-electron chi connectivity index (χ0n) is 17.4. The van der Waals surface area contributed by atoms with E-state index in [-0.39, 0.29) is 19.6 Å². The van der Waals surface area contributed by atoms with Crippen LogP contribution in [0, 0.1) is 0 Å². The van der Waals surface area contributed by atoms with Crippen LogP contribution in [-0.4, -0.2) is 83.6 Å². The van der Waals surface area contributed by atoms with E-state index in [0.717, 1.165) is 6.92 Å². The summed E-state index contributed by atoms with van der Waals surface area (Å²) in [5.41, 5.74) is 1.03. The van der Waals surface area contributed by atoms with Crippen molar-refractivity contribution in [1.29, 1.82) is 0 Å². The summed E-state index contributed by atoms with van der Waals surface area (Å²) >= 11 is 0. The fraction of sp³-hybridized carbons (Fsp3) is 0.650. The molecule has 0 amide bonds. The number of carbonyl (C=O) groups excluding carboxylic acids is 3. The fourth-order valence-corrected chi connectivity index (χ4v) is 2.81. The van der Waals surface area contributed by atoms with Crippen molar-refractivity contribution >= 4 is 18.2 Å². The van der Waals surface area contributed by atoms with Gasteiger partial charge in [0.05, 0.1) is 12.7 Å². The first-order chi connectivity index (χ1) is 14.0. The van der Waals surface area contributed by atoms with Gasteiger partial charge in [0.1, 0.15) is 31.2 Å². The quantitative estimate of drug-likeness (QED) is 0.174. The summed E-state index contributed by atoms with van der Waals surface area (Å²) < 4.78 is 21.0. The molecule has 170 valence electrons. The van der Waals surface area contributed by atoms with Gasteiger partial charge in [0.15, 0.2) is 12.4 Å². The Hall–Kier alpha value is -2.11. The van der Waals surface area contributed by atoms with E-state index in [0.29, 0.717) is 23.9 Å². The van der Waals surface area contributed by atoms with Crippen LogP contribution in [0.5, 0.6) is 0 Å². The number of hydrogen-bond acceptors (Lipinski definition) is 10. The number of aldehydes is 1. The topological polar surface area (TPSA) is 149 Å². The van der Waals surface area contributed by atoms with Crippen LogP contribution in [-0.2, 0) is 33.3 Å². The van der Waals surface area contributed by atoms with Gasteiger partial charge in [-0.15, -0.1) is 0 Å². The molecule has 1 unspecified atom stereocenters. The standard InChI is InChI=1S/C20H30O10/c1-11(7-15(24)8-12(2)9-21)5-6-27-20-19(29-14(4)23)18(26)17(25)16(30-20)10-28-13(3)22/h8-9,15-20,24-26H,1,5-7,10H2,2-4H3/b12-8+/t15?,16-,17-,18+,19-,20-/m1/s1. The molecule has 1 saturated heterocycles. The maximum atomic E-state index is 11.4. The molecule has 1 aliphatic heterocycles. The number of aliphatic hydroxyl groups is 3. The Kier molecular flexibility index (Phi) is 10.8. The third-order valence-electron chi connectivity index (χ3n) is 4.27. The predicted octanol–water partition coefficient (Wildman–Crippen LogP) is -0.213. The molecule has 0 bridgehead atoms. The zero-order valence-corrected chi connectivity index (χ0v) is 17.4. The van der Waals surface area contributed by atoms with E-state index >= 15 is 0 Å². The van der Waals surface area contributed by atoms with Crippen molar-refractivity contribution in [2.45, 2.75) is 70.4 Å². The number of aliphatic hydroxyl groups excluding tert-OH is 3. The van der Waals surface area contributed by atoms with E-state index < -0.39 is 48.7 Å². The first-order valence-electron chi connectivity index (χ1n) is 9.47. The van der Waals surface area contributed by atoms with Gasteiger partial charge in [-0.25, -0.2) is 0 Å². The molecule has 10 nitrogen and oxygen atoms in total. The molecule has 10 heteroatoms. The lowest BCUT2D eigenvalue weighted by Crippen LogP contribution is -2.60. The Balaban J connectivity index is 2.69. The Bertz CT molecular complexity index is 641. The average molecular weight is 430 g/mol. The van der Waals surface area contributed by atoms with Gasteiger partial charge in [-0.3, -0.25) is 14.4 Å². The Morgan fingerprint density at radius 2 is 1.83 bits per heavy atom. The summed E-state index contributed by atoms with van der Waals surface area (Å²) in [5.74, 6) is -1.29. The molecule has 6 atom stereocenters. The van der Waals surface area contributed by atoms with Gasteiger partial charge in [-0.05, 0) is 31.4 Å². The summed E-state index contributed by atoms with van der Waals surface area (Å²) in [6.45, 7) is 7.47. The molecule has 0 aromatic rings. The van der Waals surface area contributed by atoms with E-state index in [4.69, 9.17) is 18.9 Å². The van der Waals surface area contributed by atoms with Gasteiger partial charge < -0.3 is 34.3 Å². The summed E-state index contributed by atoms with van der Waals surface area (Å²) in [6, 6.07) is 0. The summed E-state index contributed by atoms with van der Waals surface area (Å²) in [7, 11) is 0. The molecule has 0 aromatic heterocycles. The molecule has 30 heavy (non-hydrogen) atoms. The van der Waals surface area contributed by atoms with Crippen molar-refractivity contribution in [1.82, 2.24) is 0 Å². The molecular weight excluding hydrogens is 400 g/mol. The highest BCUT2D eigenvalue weighted by atomic mass is 16.7. The second kappa shape index (κ2) is 12.6. The minimum atomic E-state index is -1.52. The van der Waals surface area contributed by atoms with Crippen LogP contribution < -0.4 is 0 Å². The highest BCUT2D eigenvalue weighted by Gasteiger charge is 2.47. The lowest BCUT2D eigenvalue weighted by atomic mass is 9.99. The van der Waals surface area contributed by atoms with Crippen LogP contribution in [0.2, 0.25) is 0 Å². The predicted molar refractivity (Wildman–Crippen MR) is 103 cm³/mol. The van der Waals surface area contributed by atoms with Crippen LogP contribution in [0.15, 0.2) is 23.8 Å². The highest BCUT2D eigenvalue weighted by Crippen LogP contribution is 2.25. The van der Waals surface area contributed by atoms with Crippen LogP contribution in [0.3, 0.4) is 0 Å². The molecule has 0 spiro atoms. The van der Waals surface area contributed by atoms with E-state index in [9.17, 15) is 29.7 Å². The molecule has 1 rings (SSSR count). The van der Waals surface area contributed by atoms with Crippen molar-refractivity contribution in [3.8, 4) is 0 Å². The Morgan fingerprint density at radius 1 is 1.17 bits per heavy atom. The van der Waals surface area contributed by atoms with Crippen molar-refractivity contribution < 1.29 is 48.7 Å². The fourth-order valence-electron chi connectivity index (χ4n) is 2.81. The largest absolute Gasteiger partial charge is 0.463 e. The number of carbonyl (C=O) groups is 3. The number of ether oxygens (including phenoxy) is 4. The minimum Gasteiger partial charge on any atom is -0.463 e. The van der Waals surface area contributed by atoms with Crippen LogP contribution in [0.4, 0.5) is 0 Å². The maximum Gasteiger partial charge on any atom is 0.303 e. The van der Waals surface area contributed by atoms with E-state index in [1.807, 2.05) is 0 Å². The SMILES string of the molecule is C=C(CCO[C@@H]1O[C@H](COC(C)=O)[C@@H](O)[C@H](O)[C@H]1OC(C)=O)CC(O)/C=C(\C)C=O. The number of rotatable bonds is 11. The Labute approximate surface area is 175 Å². The molecule has 3 N–H and O–H groups in total. The molecule has 1 fully saturated rings. The van der Waals surface area contributed by atoms with Gasteiger partial charge in [0.25, 0.3) is 0 Å². The normalized spacial score (nSPS) is 27.8. The maximum absolute atomic E-state index is 11.4. The summed E-state index contributed by atoms with van der Waals surface area (Å²) in [6.07, 6.45) is -4.87. The Morgan fingerprint density at radius 3 is 2.40 bits per heavy atom. The van der Waals surface area contributed by atoms with Crippen molar-refractivity contribution in [2.24, 2.45) is 0 Å². The molecule has 0 aromatic carbocycles. The van der Waals surface area contributed by atoms with Gasteiger partial charge in [-0.2, -0.15) is 0 Å². The summed E-state index contributed by atoms with van der Waals surface area (Å²) in [4.78, 5) is 33.0. The number of allylic oxidation sites excluding steroid dienone is 1. The van der Waals surface area contributed by atoms with E-state index in [2.05, 4.69) is 6.58 Å². The summed E-state index contributed by atoms with van der Waals surface area (Å²) in [5, 5.41) is 30.4. The first-order valence-corrected chi connectivity index (χ1v) is 9.47. The third-order valence-corrected chi connectivity index (χ3v) is 4.27. The second-order valence-electron chi connectivity index (χ2n) is 7.07. The van der Waals surface area contributed by atoms with E-state index in [1.165, 1.54) is 13.0 Å². The smallest absolute Gasteiger partial charge is 0.303 e. The average Bonchev–Trinajstić information content (AvgIpc) is 2.65. The molecule has 0 saturated carbocycles. The molecule has 1 heterocycles. The van der Waals surface area contributed by atoms with E-state index in [1.54, 1.807) is 6.92 Å². The molecule has 0 radical (unpaired) electrons. The highest BCUT2D eigenvalue weighted by molar-refractivity contribution is 5.72. The third kappa shape index (κ3) is 8.72. The molecule has 0 aliphatic carbocycles. The lowest BCUT2D eigenvalue weighted by Gasteiger charge is -2.41. The van der Waals surface area contributed by atoms with Crippen LogP contribution >= 0.6 is 0 Å². The molecule has 1 aliphatic rings. The second-order valence-corrected chi connectivity index (χ2v) is 7.07. The first kappa shape index (κ1) is 25.9. The van der Waals surface area contributed by atoms with Crippen LogP contribution in [0.1, 0.15) is 33.6 Å². The van der Waals surface area contributed by atoms with Gasteiger partial charge >= 0.3 is 11.9 Å². The van der Waals surface area contributed by atoms with Gasteiger partial charge in [0.2, 0.25) is 0 Å². The lowest BCUT2D eigenvalue weighted by molar-refractivity contribution is -0.304. The number of esters is 2. The van der Waals surface area contributed by atoms with Crippen molar-refractivity contribution in [2.75, 3.05) is 13.2 Å². The van der Waals surface area contributed by atoms with Crippen molar-refractivity contribution in [3.05, 3.63) is 23.8 Å². The number of hydrogen-bond donors (Lipinski definition) is 3. The van der Waals surface area contributed by atoms with Crippen LogP contribution in [0.25, 0.3) is 0 Å². The molecular formula is C20H30O10.